The lowest BCUT2D eigenvalue weighted by molar-refractivity contribution is -0.143. The van der Waals surface area contributed by atoms with E-state index in [0.717, 1.165) is 25.1 Å². The number of ether oxygens (including phenoxy) is 1. The summed E-state index contributed by atoms with van der Waals surface area (Å²) in [5.74, 6) is 0.641. The smallest absolute Gasteiger partial charge is 0.307 e. The minimum absolute atomic E-state index is 0.193. The zero-order chi connectivity index (χ0) is 19.8. The summed E-state index contributed by atoms with van der Waals surface area (Å²) in [7, 11) is 2.10. The summed E-state index contributed by atoms with van der Waals surface area (Å²) >= 11 is 0. The van der Waals surface area contributed by atoms with Crippen molar-refractivity contribution < 1.29 is 14.3 Å². The number of nitrogens with zero attached hydrogens (tertiary/aromatic N) is 3. The number of carbonyl (C=O) groups excluding carboxylic acids is 2. The van der Waals surface area contributed by atoms with Crippen molar-refractivity contribution in [3.8, 4) is 0 Å². The van der Waals surface area contributed by atoms with E-state index in [2.05, 4.69) is 16.9 Å². The van der Waals surface area contributed by atoms with Gasteiger partial charge in [-0.05, 0) is 26.4 Å². The number of aldehydes is 1. The molecule has 2 rings (SSSR count). The van der Waals surface area contributed by atoms with Gasteiger partial charge in [-0.2, -0.15) is 0 Å². The van der Waals surface area contributed by atoms with Gasteiger partial charge in [0.1, 0.15) is 12.1 Å². The Morgan fingerprint density at radius 2 is 2.19 bits per heavy atom. The van der Waals surface area contributed by atoms with Gasteiger partial charge in [0.25, 0.3) is 0 Å². The number of hydrogen-bond acceptors (Lipinski definition) is 6. The Morgan fingerprint density at radius 1 is 1.46 bits per heavy atom. The zero-order valence-electron chi connectivity index (χ0n) is 16.8. The third-order valence-electron chi connectivity index (χ3n) is 3.74. The van der Waals surface area contributed by atoms with Crippen LogP contribution in [0.1, 0.15) is 52.3 Å². The molecule has 150 valence electrons. The fraction of sp³-hybridized carbons (Fsp3) is 0.737. The number of nitrogens with two attached hydrogens (primary N) is 1. The van der Waals surface area contributed by atoms with Crippen molar-refractivity contribution in [2.75, 3.05) is 26.7 Å². The maximum Gasteiger partial charge on any atom is 0.307 e. The number of esters is 1. The molecule has 1 fully saturated rings. The van der Waals surface area contributed by atoms with Gasteiger partial charge in [0.2, 0.25) is 0 Å². The molecule has 1 unspecified atom stereocenters. The predicted octanol–water partition coefficient (Wildman–Crippen LogP) is 2.03. The molecule has 1 aliphatic rings. The molecule has 0 saturated carbocycles. The molecular formula is C19H36N4O3. The predicted molar refractivity (Wildman–Crippen MR) is 104 cm³/mol. The van der Waals surface area contributed by atoms with Crippen LogP contribution in [0.5, 0.6) is 0 Å². The van der Waals surface area contributed by atoms with Gasteiger partial charge in [0.05, 0.1) is 13.0 Å². The van der Waals surface area contributed by atoms with Crippen LogP contribution in [0.3, 0.4) is 0 Å². The molecule has 26 heavy (non-hydrogen) atoms. The Bertz CT molecular complexity index is 483. The van der Waals surface area contributed by atoms with Crippen molar-refractivity contribution in [2.24, 2.45) is 5.73 Å². The van der Waals surface area contributed by atoms with E-state index < -0.39 is 0 Å². The van der Waals surface area contributed by atoms with Crippen molar-refractivity contribution in [1.29, 1.82) is 0 Å². The topological polar surface area (TPSA) is 90.5 Å². The molecule has 1 aromatic rings. The maximum absolute atomic E-state index is 11.3. The van der Waals surface area contributed by atoms with Gasteiger partial charge in [-0.1, -0.05) is 20.8 Å². The van der Waals surface area contributed by atoms with E-state index in [4.69, 9.17) is 10.5 Å². The van der Waals surface area contributed by atoms with Gasteiger partial charge in [-0.25, -0.2) is 4.98 Å². The summed E-state index contributed by atoms with van der Waals surface area (Å²) in [5.41, 5.74) is 5.58. The average Bonchev–Trinajstić information content (AvgIpc) is 3.26. The third-order valence-corrected chi connectivity index (χ3v) is 3.74. The van der Waals surface area contributed by atoms with Crippen molar-refractivity contribution in [2.45, 2.75) is 65.5 Å². The standard InChI is InChI=1S/C12H18N2O3.C5H12N2.C2H6/c1-2-10-17-12(16)5-7-14-8-6-13-11(14)4-3-9-15;1-7-3-2-5(6)4-7;1-2/h6,8-9H,2-5,7,10H2,1H3;5H,2-4,6H2,1H3;1-2H3. The van der Waals surface area contributed by atoms with Crippen molar-refractivity contribution >= 4 is 12.3 Å². The van der Waals surface area contributed by atoms with Crippen LogP contribution in [0.15, 0.2) is 12.4 Å². The Kier molecular flexibility index (Phi) is 14.5. The highest BCUT2D eigenvalue weighted by Crippen LogP contribution is 2.03. The largest absolute Gasteiger partial charge is 0.466 e. The van der Waals surface area contributed by atoms with E-state index in [9.17, 15) is 9.59 Å². The number of rotatable bonds is 8. The van der Waals surface area contributed by atoms with E-state index in [1.54, 1.807) is 6.20 Å². The SMILES string of the molecule is CC.CCCOC(=O)CCn1ccnc1CCC=O.CN1CCC(N)C1. The van der Waals surface area contributed by atoms with E-state index in [-0.39, 0.29) is 5.97 Å². The number of hydrogen-bond donors (Lipinski definition) is 1. The number of likely N-dealkylation sites (N-methyl/N-ethyl adjacent to an activating group) is 1. The fourth-order valence-corrected chi connectivity index (χ4v) is 2.43. The van der Waals surface area contributed by atoms with Crippen molar-refractivity contribution in [1.82, 2.24) is 14.5 Å². The highest BCUT2D eigenvalue weighted by molar-refractivity contribution is 5.69. The van der Waals surface area contributed by atoms with E-state index in [0.29, 0.717) is 38.5 Å². The molecule has 2 N–H and O–H groups in total. The van der Waals surface area contributed by atoms with Crippen LogP contribution in [0.4, 0.5) is 0 Å². The summed E-state index contributed by atoms with van der Waals surface area (Å²) in [5, 5.41) is 0. The second-order valence-corrected chi connectivity index (χ2v) is 6.02. The molecule has 0 aromatic carbocycles. The number of carbonyl (C=O) groups is 2. The summed E-state index contributed by atoms with van der Waals surface area (Å²) in [4.78, 5) is 28.0. The van der Waals surface area contributed by atoms with Gasteiger partial charge in [0.15, 0.2) is 0 Å². The van der Waals surface area contributed by atoms with Gasteiger partial charge in [0, 0.05) is 44.4 Å². The Labute approximate surface area is 157 Å². The lowest BCUT2D eigenvalue weighted by atomic mass is 10.3. The first-order valence-electron chi connectivity index (χ1n) is 9.60. The molecule has 7 nitrogen and oxygen atoms in total. The summed E-state index contributed by atoms with van der Waals surface area (Å²) < 4.78 is 6.87. The average molecular weight is 369 g/mol. The number of aromatic nitrogens is 2. The lowest BCUT2D eigenvalue weighted by Crippen LogP contribution is -2.23. The molecule has 0 amide bonds. The van der Waals surface area contributed by atoms with Crippen LogP contribution >= 0.6 is 0 Å². The van der Waals surface area contributed by atoms with Gasteiger partial charge >= 0.3 is 5.97 Å². The number of likely N-dealkylation sites (tertiary alicyclic amines) is 1. The lowest BCUT2D eigenvalue weighted by Gasteiger charge is -2.06. The highest BCUT2D eigenvalue weighted by Gasteiger charge is 2.13. The van der Waals surface area contributed by atoms with Crippen LogP contribution in [0.2, 0.25) is 0 Å². The molecule has 0 spiro atoms. The Morgan fingerprint density at radius 3 is 2.69 bits per heavy atom. The van der Waals surface area contributed by atoms with Crippen LogP contribution < -0.4 is 5.73 Å². The van der Waals surface area contributed by atoms with Gasteiger partial charge in [-0.15, -0.1) is 0 Å². The molecule has 0 radical (unpaired) electrons. The monoisotopic (exact) mass is 368 g/mol. The van der Waals surface area contributed by atoms with Crippen molar-refractivity contribution in [3.05, 3.63) is 18.2 Å². The molecule has 1 saturated heterocycles. The highest BCUT2D eigenvalue weighted by atomic mass is 16.5. The first-order valence-corrected chi connectivity index (χ1v) is 9.60. The summed E-state index contributed by atoms with van der Waals surface area (Å²) in [6.45, 7) is 9.25. The fourth-order valence-electron chi connectivity index (χ4n) is 2.43. The molecule has 1 aliphatic heterocycles. The molecule has 0 aliphatic carbocycles. The van der Waals surface area contributed by atoms with Crippen LogP contribution in [0, 0.1) is 0 Å². The van der Waals surface area contributed by atoms with Crippen LogP contribution in [-0.2, 0) is 27.3 Å². The van der Waals surface area contributed by atoms with Gasteiger partial charge in [-0.3, -0.25) is 4.79 Å². The molecular weight excluding hydrogens is 332 g/mol. The molecule has 1 atom stereocenters. The first-order chi connectivity index (χ1) is 12.6. The first kappa shape index (κ1) is 24.3. The molecule has 7 heteroatoms. The van der Waals surface area contributed by atoms with Gasteiger partial charge < -0.3 is 24.7 Å². The van der Waals surface area contributed by atoms with E-state index in [1.165, 1.54) is 13.0 Å². The number of imidazole rings is 1. The quantitative estimate of drug-likeness (QED) is 0.558. The third kappa shape index (κ3) is 11.0. The molecule has 2 heterocycles. The van der Waals surface area contributed by atoms with E-state index >= 15 is 0 Å². The molecule has 1 aromatic heterocycles. The second-order valence-electron chi connectivity index (χ2n) is 6.02. The Hall–Kier alpha value is -1.73. The number of aryl methyl sites for hydroxylation is 2. The minimum atomic E-state index is -0.193. The molecule has 0 bridgehead atoms. The van der Waals surface area contributed by atoms with Crippen LogP contribution in [-0.4, -0.2) is 59.5 Å². The summed E-state index contributed by atoms with van der Waals surface area (Å²) in [6.07, 6.45) is 7.78. The summed E-state index contributed by atoms with van der Waals surface area (Å²) in [6, 6.07) is 0.449. The minimum Gasteiger partial charge on any atom is -0.466 e. The van der Waals surface area contributed by atoms with Crippen LogP contribution in [0.25, 0.3) is 0 Å². The van der Waals surface area contributed by atoms with E-state index in [1.807, 2.05) is 31.5 Å². The Balaban J connectivity index is 0.000000575. The maximum atomic E-state index is 11.3. The normalized spacial score (nSPS) is 16.1. The van der Waals surface area contributed by atoms with Crippen molar-refractivity contribution in [3.63, 3.8) is 0 Å². The second kappa shape index (κ2) is 15.5. The zero-order valence-corrected chi connectivity index (χ0v) is 16.8.